The van der Waals surface area contributed by atoms with Crippen LogP contribution in [0.4, 0.5) is 5.13 Å². The number of anilines is 1. The summed E-state index contributed by atoms with van der Waals surface area (Å²) in [7, 11) is 0. The maximum atomic E-state index is 13.2. The molecule has 0 bridgehead atoms. The number of nitrogens with zero attached hydrogens (tertiary/aromatic N) is 3. The van der Waals surface area contributed by atoms with Gasteiger partial charge in [-0.05, 0) is 56.3 Å². The van der Waals surface area contributed by atoms with E-state index in [0.717, 1.165) is 46.3 Å². The Kier molecular flexibility index (Phi) is 8.31. The SMILES string of the molecule is CCc1ccc2nc(N(CCN(CC)CC)C(=O)CSc3ccc(C)cc3)sc2c1. The van der Waals surface area contributed by atoms with Crippen molar-refractivity contribution in [1.82, 2.24) is 9.88 Å². The van der Waals surface area contributed by atoms with Gasteiger partial charge in [-0.3, -0.25) is 9.69 Å². The van der Waals surface area contributed by atoms with Gasteiger partial charge in [-0.15, -0.1) is 11.8 Å². The molecule has 30 heavy (non-hydrogen) atoms. The summed E-state index contributed by atoms with van der Waals surface area (Å²) in [6, 6.07) is 14.7. The van der Waals surface area contributed by atoms with Gasteiger partial charge in [0.2, 0.25) is 5.91 Å². The molecule has 1 aromatic heterocycles. The maximum absolute atomic E-state index is 13.2. The third-order valence-corrected chi connectivity index (χ3v) is 7.34. The summed E-state index contributed by atoms with van der Waals surface area (Å²) in [5.74, 6) is 0.528. The summed E-state index contributed by atoms with van der Waals surface area (Å²) in [6.07, 6.45) is 1.00. The summed E-state index contributed by atoms with van der Waals surface area (Å²) in [5.41, 5.74) is 3.50. The Morgan fingerprint density at radius 2 is 1.77 bits per heavy atom. The van der Waals surface area contributed by atoms with E-state index in [0.29, 0.717) is 12.3 Å². The molecule has 3 aromatic rings. The third-order valence-electron chi connectivity index (χ3n) is 5.30. The van der Waals surface area contributed by atoms with Gasteiger partial charge in [-0.2, -0.15) is 0 Å². The van der Waals surface area contributed by atoms with Gasteiger partial charge in [-0.25, -0.2) is 4.98 Å². The molecule has 0 unspecified atom stereocenters. The first-order chi connectivity index (χ1) is 14.5. The average molecular weight is 442 g/mol. The lowest BCUT2D eigenvalue weighted by Crippen LogP contribution is -2.39. The van der Waals surface area contributed by atoms with Crippen molar-refractivity contribution in [3.05, 3.63) is 53.6 Å². The molecule has 1 heterocycles. The van der Waals surface area contributed by atoms with Gasteiger partial charge in [-0.1, -0.05) is 55.9 Å². The Morgan fingerprint density at radius 3 is 2.43 bits per heavy atom. The van der Waals surface area contributed by atoms with E-state index in [-0.39, 0.29) is 5.91 Å². The third kappa shape index (κ3) is 5.84. The molecular weight excluding hydrogens is 410 g/mol. The Morgan fingerprint density at radius 1 is 1.03 bits per heavy atom. The van der Waals surface area contributed by atoms with Crippen LogP contribution in [0, 0.1) is 6.92 Å². The van der Waals surface area contributed by atoms with Gasteiger partial charge in [0.15, 0.2) is 5.13 Å². The van der Waals surface area contributed by atoms with Crippen LogP contribution in [0.3, 0.4) is 0 Å². The van der Waals surface area contributed by atoms with Crippen LogP contribution in [0.5, 0.6) is 0 Å². The number of fused-ring (bicyclic) bond motifs is 1. The summed E-state index contributed by atoms with van der Waals surface area (Å²) < 4.78 is 1.15. The Balaban J connectivity index is 1.79. The zero-order valence-corrected chi connectivity index (χ0v) is 20.0. The number of amides is 1. The van der Waals surface area contributed by atoms with E-state index in [1.807, 2.05) is 4.90 Å². The topological polar surface area (TPSA) is 36.4 Å². The van der Waals surface area contributed by atoms with Crippen molar-refractivity contribution in [2.24, 2.45) is 0 Å². The molecule has 0 saturated carbocycles. The predicted molar refractivity (Wildman–Crippen MR) is 131 cm³/mol. The zero-order chi connectivity index (χ0) is 21.5. The van der Waals surface area contributed by atoms with Crippen molar-refractivity contribution < 1.29 is 4.79 Å². The van der Waals surface area contributed by atoms with E-state index in [4.69, 9.17) is 4.98 Å². The number of aryl methyl sites for hydroxylation is 2. The first-order valence-electron chi connectivity index (χ1n) is 10.7. The molecule has 2 aromatic carbocycles. The molecule has 0 aliphatic heterocycles. The molecule has 160 valence electrons. The van der Waals surface area contributed by atoms with Crippen molar-refractivity contribution in [3.63, 3.8) is 0 Å². The lowest BCUT2D eigenvalue weighted by molar-refractivity contribution is -0.116. The first kappa shape index (κ1) is 22.8. The minimum absolute atomic E-state index is 0.113. The van der Waals surface area contributed by atoms with Gasteiger partial charge in [0.05, 0.1) is 16.0 Å². The molecular formula is C24H31N3OS2. The van der Waals surface area contributed by atoms with Crippen LogP contribution in [0.1, 0.15) is 31.9 Å². The number of carbonyl (C=O) groups excluding carboxylic acids is 1. The average Bonchev–Trinajstić information content (AvgIpc) is 3.19. The van der Waals surface area contributed by atoms with Crippen molar-refractivity contribution in [3.8, 4) is 0 Å². The van der Waals surface area contributed by atoms with Crippen LogP contribution < -0.4 is 4.90 Å². The van der Waals surface area contributed by atoms with Crippen molar-refractivity contribution >= 4 is 44.4 Å². The van der Waals surface area contributed by atoms with Gasteiger partial charge in [0, 0.05) is 18.0 Å². The van der Waals surface area contributed by atoms with Crippen molar-refractivity contribution in [2.75, 3.05) is 36.8 Å². The van der Waals surface area contributed by atoms with E-state index in [1.54, 1.807) is 23.1 Å². The lowest BCUT2D eigenvalue weighted by Gasteiger charge is -2.24. The van der Waals surface area contributed by atoms with E-state index in [9.17, 15) is 4.79 Å². The maximum Gasteiger partial charge on any atom is 0.239 e. The fourth-order valence-corrected chi connectivity index (χ4v) is 5.11. The molecule has 1 amide bonds. The molecule has 6 heteroatoms. The van der Waals surface area contributed by atoms with Crippen molar-refractivity contribution in [2.45, 2.75) is 39.0 Å². The standard InChI is InChI=1S/C24H31N3OS2/c1-5-19-10-13-21-22(16-19)30-24(25-21)27(15-14-26(6-2)7-3)23(28)17-29-20-11-8-18(4)9-12-20/h8-13,16H,5-7,14-15,17H2,1-4H3. The van der Waals surface area contributed by atoms with Crippen LogP contribution in [0.25, 0.3) is 10.2 Å². The highest BCUT2D eigenvalue weighted by Crippen LogP contribution is 2.30. The Labute approximate surface area is 188 Å². The quantitative estimate of drug-likeness (QED) is 0.382. The van der Waals surface area contributed by atoms with Crippen LogP contribution >= 0.6 is 23.1 Å². The second-order valence-corrected chi connectivity index (χ2v) is 9.38. The normalized spacial score (nSPS) is 11.4. The Hall–Kier alpha value is -1.89. The molecule has 0 atom stereocenters. The number of aromatic nitrogens is 1. The monoisotopic (exact) mass is 441 g/mol. The lowest BCUT2D eigenvalue weighted by atomic mass is 10.2. The van der Waals surface area contributed by atoms with Gasteiger partial charge in [0.1, 0.15) is 0 Å². The fraction of sp³-hybridized carbons (Fsp3) is 0.417. The van der Waals surface area contributed by atoms with Gasteiger partial charge >= 0.3 is 0 Å². The minimum atomic E-state index is 0.113. The molecule has 0 spiro atoms. The fourth-order valence-electron chi connectivity index (χ4n) is 3.26. The van der Waals surface area contributed by atoms with E-state index >= 15 is 0 Å². The zero-order valence-electron chi connectivity index (χ0n) is 18.4. The highest BCUT2D eigenvalue weighted by molar-refractivity contribution is 8.00. The Bertz CT molecular complexity index is 964. The molecule has 0 N–H and O–H groups in total. The largest absolute Gasteiger partial charge is 0.302 e. The van der Waals surface area contributed by atoms with E-state index in [1.165, 1.54) is 11.1 Å². The summed E-state index contributed by atoms with van der Waals surface area (Å²) in [5, 5.41) is 0.805. The molecule has 4 nitrogen and oxygen atoms in total. The molecule has 0 fully saturated rings. The summed E-state index contributed by atoms with van der Waals surface area (Å²) >= 11 is 3.21. The summed E-state index contributed by atoms with van der Waals surface area (Å²) in [6.45, 7) is 12.0. The molecule has 0 radical (unpaired) electrons. The number of thioether (sulfide) groups is 1. The van der Waals surface area contributed by atoms with E-state index in [2.05, 4.69) is 75.1 Å². The van der Waals surface area contributed by atoms with E-state index < -0.39 is 0 Å². The van der Waals surface area contributed by atoms with Gasteiger partial charge in [0.25, 0.3) is 0 Å². The number of rotatable bonds is 10. The molecule has 3 rings (SSSR count). The summed E-state index contributed by atoms with van der Waals surface area (Å²) in [4.78, 5) is 23.4. The number of carbonyl (C=O) groups is 1. The van der Waals surface area contributed by atoms with Crippen molar-refractivity contribution in [1.29, 1.82) is 0 Å². The van der Waals surface area contributed by atoms with Crippen LogP contribution in [0.15, 0.2) is 47.4 Å². The van der Waals surface area contributed by atoms with Crippen LogP contribution in [-0.2, 0) is 11.2 Å². The molecule has 0 saturated heterocycles. The second kappa shape index (κ2) is 10.9. The highest BCUT2D eigenvalue weighted by atomic mass is 32.2. The highest BCUT2D eigenvalue weighted by Gasteiger charge is 2.20. The second-order valence-electron chi connectivity index (χ2n) is 7.33. The first-order valence-corrected chi connectivity index (χ1v) is 12.5. The smallest absolute Gasteiger partial charge is 0.239 e. The van der Waals surface area contributed by atoms with Crippen LogP contribution in [-0.4, -0.2) is 47.7 Å². The number of thiazole rings is 1. The number of hydrogen-bond donors (Lipinski definition) is 0. The molecule has 0 aliphatic carbocycles. The number of likely N-dealkylation sites (N-methyl/N-ethyl adjacent to an activating group) is 1. The molecule has 0 aliphatic rings. The number of benzene rings is 2. The predicted octanol–water partition coefficient (Wildman–Crippen LogP) is 5.63. The number of hydrogen-bond acceptors (Lipinski definition) is 5. The van der Waals surface area contributed by atoms with Crippen LogP contribution in [0.2, 0.25) is 0 Å². The van der Waals surface area contributed by atoms with Gasteiger partial charge < -0.3 is 4.90 Å². The minimum Gasteiger partial charge on any atom is -0.302 e.